The van der Waals surface area contributed by atoms with Crippen molar-refractivity contribution in [3.05, 3.63) is 36.7 Å². The number of fused-ring (bicyclic) bond motifs is 1. The molecule has 1 aromatic carbocycles. The van der Waals surface area contributed by atoms with E-state index in [0.717, 1.165) is 11.1 Å². The molecule has 0 unspecified atom stereocenters. The van der Waals surface area contributed by atoms with Crippen LogP contribution in [0.5, 0.6) is 0 Å². The molecule has 0 atom stereocenters. The van der Waals surface area contributed by atoms with Crippen LogP contribution in [0.25, 0.3) is 22.4 Å². The molecule has 0 radical (unpaired) electrons. The first kappa shape index (κ1) is 13.6. The fourth-order valence-electron chi connectivity index (χ4n) is 2.34. The molecule has 0 fully saturated rings. The van der Waals surface area contributed by atoms with Gasteiger partial charge in [0.2, 0.25) is 0 Å². The summed E-state index contributed by atoms with van der Waals surface area (Å²) in [6.45, 7) is 0. The molecule has 0 bridgehead atoms. The summed E-state index contributed by atoms with van der Waals surface area (Å²) in [5.41, 5.74) is 8.35. The summed E-state index contributed by atoms with van der Waals surface area (Å²) < 4.78 is 25.6. The average Bonchev–Trinajstić information content (AvgIpc) is 2.76. The van der Waals surface area contributed by atoms with Crippen LogP contribution in [-0.4, -0.2) is 29.2 Å². The van der Waals surface area contributed by atoms with Gasteiger partial charge in [-0.15, -0.1) is 0 Å². The van der Waals surface area contributed by atoms with E-state index in [9.17, 15) is 8.42 Å². The third-order valence-electron chi connectivity index (χ3n) is 3.37. The lowest BCUT2D eigenvalue weighted by Crippen LogP contribution is -1.98. The lowest BCUT2D eigenvalue weighted by molar-refractivity contribution is 0.602. The Morgan fingerprint density at radius 1 is 1.24 bits per heavy atom. The third-order valence-corrected chi connectivity index (χ3v) is 4.50. The van der Waals surface area contributed by atoms with Crippen LogP contribution in [0.1, 0.15) is 0 Å². The minimum atomic E-state index is -3.34. The molecule has 0 saturated heterocycles. The van der Waals surface area contributed by atoms with Gasteiger partial charge in [-0.05, 0) is 18.2 Å². The van der Waals surface area contributed by atoms with Crippen LogP contribution in [-0.2, 0) is 16.9 Å². The van der Waals surface area contributed by atoms with Gasteiger partial charge in [-0.25, -0.2) is 13.4 Å². The molecule has 0 aliphatic heterocycles. The summed E-state index contributed by atoms with van der Waals surface area (Å²) in [5, 5.41) is 0. The second-order valence-electron chi connectivity index (χ2n) is 4.85. The summed E-state index contributed by atoms with van der Waals surface area (Å²) in [6, 6.07) is 6.86. The Bertz CT molecular complexity index is 945. The van der Waals surface area contributed by atoms with Crippen LogP contribution in [0, 0.1) is 0 Å². The van der Waals surface area contributed by atoms with Gasteiger partial charge in [-0.3, -0.25) is 4.98 Å². The van der Waals surface area contributed by atoms with Gasteiger partial charge in [0.05, 0.1) is 22.3 Å². The first-order valence-electron chi connectivity index (χ1n) is 6.25. The largest absolute Gasteiger partial charge is 0.397 e. The summed E-state index contributed by atoms with van der Waals surface area (Å²) >= 11 is 0. The molecule has 21 heavy (non-hydrogen) atoms. The van der Waals surface area contributed by atoms with Crippen LogP contribution in [0.3, 0.4) is 0 Å². The number of nitrogens with zero attached hydrogens (tertiary/aromatic N) is 3. The SMILES string of the molecule is Cn1c(-c2ccncc2N)nc2c(S(C)(=O)=O)cccc21. The lowest BCUT2D eigenvalue weighted by Gasteiger charge is -2.04. The Labute approximate surface area is 122 Å². The topological polar surface area (TPSA) is 90.9 Å². The number of rotatable bonds is 2. The molecule has 2 N–H and O–H groups in total. The minimum Gasteiger partial charge on any atom is -0.397 e. The van der Waals surface area contributed by atoms with Crippen molar-refractivity contribution < 1.29 is 8.42 Å². The predicted molar refractivity (Wildman–Crippen MR) is 81.5 cm³/mol. The second kappa shape index (κ2) is 4.56. The molecule has 0 amide bonds. The van der Waals surface area contributed by atoms with Gasteiger partial charge in [0.25, 0.3) is 0 Å². The molecule has 0 aliphatic carbocycles. The van der Waals surface area contributed by atoms with Gasteiger partial charge < -0.3 is 10.3 Å². The van der Waals surface area contributed by atoms with E-state index in [1.807, 2.05) is 17.7 Å². The predicted octanol–water partition coefficient (Wildman–Crippen LogP) is 1.62. The maximum absolute atomic E-state index is 11.9. The average molecular weight is 302 g/mol. The summed E-state index contributed by atoms with van der Waals surface area (Å²) in [4.78, 5) is 8.66. The Kier molecular flexibility index (Phi) is 2.94. The number of hydrogen-bond acceptors (Lipinski definition) is 5. The van der Waals surface area contributed by atoms with Gasteiger partial charge in [0, 0.05) is 25.1 Å². The number of aryl methyl sites for hydroxylation is 1. The number of anilines is 1. The number of para-hydroxylation sites is 1. The Hall–Kier alpha value is -2.41. The molecule has 108 valence electrons. The van der Waals surface area contributed by atoms with E-state index in [0.29, 0.717) is 17.0 Å². The second-order valence-corrected chi connectivity index (χ2v) is 6.84. The highest BCUT2D eigenvalue weighted by atomic mass is 32.2. The molecule has 7 heteroatoms. The molecule has 0 saturated carbocycles. The highest BCUT2D eigenvalue weighted by Gasteiger charge is 2.18. The Balaban J connectivity index is 2.38. The normalized spacial score (nSPS) is 11.9. The van der Waals surface area contributed by atoms with Crippen molar-refractivity contribution in [2.45, 2.75) is 4.90 Å². The van der Waals surface area contributed by atoms with Gasteiger partial charge in [-0.1, -0.05) is 6.07 Å². The van der Waals surface area contributed by atoms with Crippen molar-refractivity contribution >= 4 is 26.6 Å². The zero-order valence-corrected chi connectivity index (χ0v) is 12.4. The summed E-state index contributed by atoms with van der Waals surface area (Å²) in [7, 11) is -1.51. The first-order valence-corrected chi connectivity index (χ1v) is 8.14. The first-order chi connectivity index (χ1) is 9.89. The van der Waals surface area contributed by atoms with Crippen molar-refractivity contribution in [1.29, 1.82) is 0 Å². The van der Waals surface area contributed by atoms with Gasteiger partial charge in [-0.2, -0.15) is 0 Å². The molecule has 0 spiro atoms. The van der Waals surface area contributed by atoms with E-state index < -0.39 is 9.84 Å². The van der Waals surface area contributed by atoms with Crippen molar-refractivity contribution in [3.8, 4) is 11.4 Å². The number of nitrogen functional groups attached to an aromatic ring is 1. The third kappa shape index (κ3) is 2.15. The molecular formula is C14H14N4O2S. The van der Waals surface area contributed by atoms with Gasteiger partial charge in [0.15, 0.2) is 9.84 Å². The van der Waals surface area contributed by atoms with E-state index in [1.165, 1.54) is 6.26 Å². The zero-order valence-electron chi connectivity index (χ0n) is 11.6. The number of nitrogens with two attached hydrogens (primary N) is 1. The smallest absolute Gasteiger partial charge is 0.177 e. The van der Waals surface area contributed by atoms with E-state index in [1.54, 1.807) is 30.6 Å². The molecule has 3 aromatic rings. The van der Waals surface area contributed by atoms with E-state index in [4.69, 9.17) is 5.73 Å². The van der Waals surface area contributed by atoms with Crippen LogP contribution in [0.2, 0.25) is 0 Å². The van der Waals surface area contributed by atoms with Crippen LogP contribution in [0.15, 0.2) is 41.6 Å². The minimum absolute atomic E-state index is 0.217. The Morgan fingerprint density at radius 2 is 2.00 bits per heavy atom. The fraction of sp³-hybridized carbons (Fsp3) is 0.143. The number of hydrogen-bond donors (Lipinski definition) is 1. The van der Waals surface area contributed by atoms with Gasteiger partial charge >= 0.3 is 0 Å². The number of benzene rings is 1. The highest BCUT2D eigenvalue weighted by Crippen LogP contribution is 2.30. The summed E-state index contributed by atoms with van der Waals surface area (Å²) in [6.07, 6.45) is 4.35. The maximum atomic E-state index is 11.9. The quantitative estimate of drug-likeness (QED) is 0.776. The van der Waals surface area contributed by atoms with Crippen LogP contribution < -0.4 is 5.73 Å². The fourth-order valence-corrected chi connectivity index (χ4v) is 3.17. The summed E-state index contributed by atoms with van der Waals surface area (Å²) in [5.74, 6) is 0.612. The van der Waals surface area contributed by atoms with E-state index in [-0.39, 0.29) is 4.90 Å². The molecule has 2 aromatic heterocycles. The molecule has 6 nitrogen and oxygen atoms in total. The zero-order chi connectivity index (χ0) is 15.2. The van der Waals surface area contributed by atoms with Crippen molar-refractivity contribution in [2.24, 2.45) is 7.05 Å². The van der Waals surface area contributed by atoms with Crippen LogP contribution in [0.4, 0.5) is 5.69 Å². The molecule has 2 heterocycles. The standard InChI is InChI=1S/C14H14N4O2S/c1-18-11-4-3-5-12(21(2,19)20)13(11)17-14(18)9-6-7-16-8-10(9)15/h3-8H,15H2,1-2H3. The van der Waals surface area contributed by atoms with Crippen molar-refractivity contribution in [2.75, 3.05) is 12.0 Å². The Morgan fingerprint density at radius 3 is 2.67 bits per heavy atom. The van der Waals surface area contributed by atoms with Crippen LogP contribution >= 0.6 is 0 Å². The number of sulfone groups is 1. The van der Waals surface area contributed by atoms with Crippen molar-refractivity contribution in [3.63, 3.8) is 0 Å². The monoisotopic (exact) mass is 302 g/mol. The lowest BCUT2D eigenvalue weighted by atomic mass is 10.2. The number of aromatic nitrogens is 3. The maximum Gasteiger partial charge on any atom is 0.177 e. The number of imidazole rings is 1. The van der Waals surface area contributed by atoms with Crippen molar-refractivity contribution in [1.82, 2.24) is 14.5 Å². The highest BCUT2D eigenvalue weighted by molar-refractivity contribution is 7.91. The molecule has 0 aliphatic rings. The van der Waals surface area contributed by atoms with E-state index in [2.05, 4.69) is 9.97 Å². The number of pyridine rings is 1. The molecular weight excluding hydrogens is 288 g/mol. The van der Waals surface area contributed by atoms with Gasteiger partial charge in [0.1, 0.15) is 11.3 Å². The molecule has 3 rings (SSSR count). The van der Waals surface area contributed by atoms with E-state index >= 15 is 0 Å².